The van der Waals surface area contributed by atoms with Crippen LogP contribution in [0.4, 0.5) is 10.5 Å². The van der Waals surface area contributed by atoms with Gasteiger partial charge in [0.25, 0.3) is 5.91 Å². The van der Waals surface area contributed by atoms with Crippen LogP contribution in [-0.4, -0.2) is 34.0 Å². The molecule has 1 aromatic heterocycles. The lowest BCUT2D eigenvalue weighted by atomic mass is 9.96. The van der Waals surface area contributed by atoms with Gasteiger partial charge in [0.2, 0.25) is 0 Å². The molecule has 0 aliphatic rings. The van der Waals surface area contributed by atoms with E-state index in [0.717, 1.165) is 27.4 Å². The van der Waals surface area contributed by atoms with Crippen LogP contribution in [0, 0.1) is 20.8 Å². The van der Waals surface area contributed by atoms with Crippen LogP contribution in [-0.2, 0) is 6.42 Å². The molecule has 0 spiro atoms. The molecule has 39 heavy (non-hydrogen) atoms. The van der Waals surface area contributed by atoms with Gasteiger partial charge in [0.1, 0.15) is 5.75 Å². The van der Waals surface area contributed by atoms with E-state index in [0.29, 0.717) is 30.0 Å². The number of rotatable bonds is 7. The maximum absolute atomic E-state index is 13.2. The van der Waals surface area contributed by atoms with Crippen LogP contribution in [0.3, 0.4) is 0 Å². The average Bonchev–Trinajstić information content (AvgIpc) is 3.29. The van der Waals surface area contributed by atoms with Gasteiger partial charge in [-0.05, 0) is 83.0 Å². The third-order valence-electron chi connectivity index (χ3n) is 6.39. The summed E-state index contributed by atoms with van der Waals surface area (Å²) in [5.41, 5.74) is 5.88. The fourth-order valence-electron chi connectivity index (χ4n) is 4.24. The number of hydrogen-bond acceptors (Lipinski definition) is 5. The predicted octanol–water partition coefficient (Wildman–Crippen LogP) is 7.83. The quantitative estimate of drug-likeness (QED) is 0.259. The van der Waals surface area contributed by atoms with Gasteiger partial charge in [-0.1, -0.05) is 47.5 Å². The fourth-order valence-corrected chi connectivity index (χ4v) is 4.89. The van der Waals surface area contributed by atoms with E-state index in [1.165, 1.54) is 5.56 Å². The Morgan fingerprint density at radius 3 is 2.21 bits per heavy atom. The standard InChI is InChI=1S/C32H35N3O3S/c1-21-7-10-24(11-8-21)29-19-22(2)9-16-28(29)30(36)34-25-12-14-27(15-13-25)38-31(37)35(32(4,5)6)18-17-26-20-39-23(3)33-26/h7-16,19-20H,17-18H2,1-6H3,(H,34,36). The van der Waals surface area contributed by atoms with Gasteiger partial charge >= 0.3 is 6.09 Å². The second-order valence-corrected chi connectivity index (χ2v) is 11.8. The SMILES string of the molecule is Cc1ccc(-c2cc(C)ccc2C(=O)Nc2ccc(OC(=O)N(CCc3csc(C)n3)C(C)(C)C)cc2)cc1. The Bertz CT molecular complexity index is 1450. The number of nitrogens with zero attached hydrogens (tertiary/aromatic N) is 2. The summed E-state index contributed by atoms with van der Waals surface area (Å²) in [5.74, 6) is 0.207. The number of carbonyl (C=O) groups is 2. The Labute approximate surface area is 234 Å². The summed E-state index contributed by atoms with van der Waals surface area (Å²) >= 11 is 1.60. The molecule has 0 aliphatic carbocycles. The number of nitrogens with one attached hydrogen (secondary N) is 1. The van der Waals surface area contributed by atoms with Gasteiger partial charge < -0.3 is 15.0 Å². The molecule has 0 bridgehead atoms. The van der Waals surface area contributed by atoms with Crippen LogP contribution >= 0.6 is 11.3 Å². The summed E-state index contributed by atoms with van der Waals surface area (Å²) in [6, 6.07) is 20.8. The first kappa shape index (κ1) is 28.0. The molecule has 0 radical (unpaired) electrons. The average molecular weight is 542 g/mol. The third kappa shape index (κ3) is 7.33. The van der Waals surface area contributed by atoms with Crippen LogP contribution in [0.1, 0.15) is 53.0 Å². The van der Waals surface area contributed by atoms with Crippen LogP contribution in [0.2, 0.25) is 0 Å². The Morgan fingerprint density at radius 2 is 1.59 bits per heavy atom. The molecule has 3 aromatic carbocycles. The Morgan fingerprint density at radius 1 is 0.923 bits per heavy atom. The van der Waals surface area contributed by atoms with Gasteiger partial charge in [-0.15, -0.1) is 11.3 Å². The molecule has 0 atom stereocenters. The van der Waals surface area contributed by atoms with Crippen LogP contribution in [0.25, 0.3) is 11.1 Å². The van der Waals surface area contributed by atoms with Gasteiger partial charge in [-0.25, -0.2) is 9.78 Å². The topological polar surface area (TPSA) is 71.5 Å². The molecule has 0 unspecified atom stereocenters. The summed E-state index contributed by atoms with van der Waals surface area (Å²) in [6.07, 6.45) is 0.235. The lowest BCUT2D eigenvalue weighted by Crippen LogP contribution is -2.48. The van der Waals surface area contributed by atoms with Crippen molar-refractivity contribution in [2.45, 2.75) is 53.5 Å². The minimum atomic E-state index is -0.423. The van der Waals surface area contributed by atoms with Crippen molar-refractivity contribution in [3.8, 4) is 16.9 Å². The highest BCUT2D eigenvalue weighted by molar-refractivity contribution is 7.09. The van der Waals surface area contributed by atoms with Crippen molar-refractivity contribution in [1.29, 1.82) is 0 Å². The lowest BCUT2D eigenvalue weighted by molar-refractivity contribution is 0.102. The first-order valence-electron chi connectivity index (χ1n) is 13.0. The van der Waals surface area contributed by atoms with Crippen LogP contribution < -0.4 is 10.1 Å². The van der Waals surface area contributed by atoms with Crippen molar-refractivity contribution in [3.05, 3.63) is 99.5 Å². The molecule has 4 rings (SSSR count). The van der Waals surface area contributed by atoms with E-state index >= 15 is 0 Å². The van der Waals surface area contributed by atoms with Gasteiger partial charge in [0.05, 0.1) is 10.7 Å². The maximum Gasteiger partial charge on any atom is 0.415 e. The smallest absolute Gasteiger partial charge is 0.410 e. The second-order valence-electron chi connectivity index (χ2n) is 10.7. The molecule has 6 nitrogen and oxygen atoms in total. The highest BCUT2D eigenvalue weighted by Gasteiger charge is 2.28. The van der Waals surface area contributed by atoms with E-state index in [1.807, 2.05) is 89.4 Å². The van der Waals surface area contributed by atoms with E-state index in [4.69, 9.17) is 4.74 Å². The summed E-state index contributed by atoms with van der Waals surface area (Å²) in [6.45, 7) is 12.5. The van der Waals surface area contributed by atoms with Crippen molar-refractivity contribution in [2.24, 2.45) is 0 Å². The lowest BCUT2D eigenvalue weighted by Gasteiger charge is -2.34. The minimum absolute atomic E-state index is 0.202. The first-order valence-corrected chi connectivity index (χ1v) is 13.9. The zero-order valence-electron chi connectivity index (χ0n) is 23.4. The molecular weight excluding hydrogens is 506 g/mol. The highest BCUT2D eigenvalue weighted by Crippen LogP contribution is 2.27. The van der Waals surface area contributed by atoms with Crippen molar-refractivity contribution in [2.75, 3.05) is 11.9 Å². The second kappa shape index (κ2) is 11.8. The Kier molecular flexibility index (Phi) is 8.51. The van der Waals surface area contributed by atoms with Gasteiger partial charge in [0, 0.05) is 35.1 Å². The first-order chi connectivity index (χ1) is 18.5. The van der Waals surface area contributed by atoms with E-state index in [2.05, 4.69) is 10.3 Å². The molecule has 0 fully saturated rings. The van der Waals surface area contributed by atoms with Crippen molar-refractivity contribution >= 4 is 29.0 Å². The molecule has 0 saturated carbocycles. The maximum atomic E-state index is 13.2. The summed E-state index contributed by atoms with van der Waals surface area (Å²) < 4.78 is 5.70. The summed E-state index contributed by atoms with van der Waals surface area (Å²) in [4.78, 5) is 32.5. The van der Waals surface area contributed by atoms with Gasteiger partial charge in [-0.2, -0.15) is 0 Å². The molecule has 202 valence electrons. The number of aryl methyl sites for hydroxylation is 3. The highest BCUT2D eigenvalue weighted by atomic mass is 32.1. The molecule has 0 saturated heterocycles. The minimum Gasteiger partial charge on any atom is -0.410 e. The fraction of sp³-hybridized carbons (Fsp3) is 0.281. The number of benzene rings is 3. The molecule has 0 aliphatic heterocycles. The molecule has 7 heteroatoms. The van der Waals surface area contributed by atoms with Crippen molar-refractivity contribution in [3.63, 3.8) is 0 Å². The number of ether oxygens (including phenoxy) is 1. The predicted molar refractivity (Wildman–Crippen MR) is 159 cm³/mol. The van der Waals surface area contributed by atoms with Crippen LogP contribution in [0.15, 0.2) is 72.1 Å². The monoisotopic (exact) mass is 541 g/mol. The van der Waals surface area contributed by atoms with Gasteiger partial charge in [0.15, 0.2) is 0 Å². The van der Waals surface area contributed by atoms with E-state index in [1.54, 1.807) is 40.5 Å². The van der Waals surface area contributed by atoms with Crippen LogP contribution in [0.5, 0.6) is 5.75 Å². The molecular formula is C32H35N3O3S. The largest absolute Gasteiger partial charge is 0.415 e. The zero-order chi connectivity index (χ0) is 28.2. The Balaban J connectivity index is 1.43. The molecule has 1 N–H and O–H groups in total. The van der Waals surface area contributed by atoms with Gasteiger partial charge in [-0.3, -0.25) is 4.79 Å². The number of aromatic nitrogens is 1. The molecule has 2 amide bonds. The number of amides is 2. The number of thiazole rings is 1. The van der Waals surface area contributed by atoms with E-state index in [-0.39, 0.29) is 5.91 Å². The van der Waals surface area contributed by atoms with E-state index in [9.17, 15) is 9.59 Å². The zero-order valence-corrected chi connectivity index (χ0v) is 24.2. The Hall–Kier alpha value is -3.97. The molecule has 4 aromatic rings. The third-order valence-corrected chi connectivity index (χ3v) is 7.21. The number of anilines is 1. The number of carbonyl (C=O) groups excluding carboxylic acids is 2. The summed E-state index contributed by atoms with van der Waals surface area (Å²) in [5, 5.41) is 6.00. The van der Waals surface area contributed by atoms with Crippen molar-refractivity contribution in [1.82, 2.24) is 9.88 Å². The molecule has 1 heterocycles. The number of hydrogen-bond donors (Lipinski definition) is 1. The van der Waals surface area contributed by atoms with E-state index < -0.39 is 11.6 Å². The normalized spacial score (nSPS) is 11.2. The van der Waals surface area contributed by atoms with Crippen molar-refractivity contribution < 1.29 is 14.3 Å². The summed E-state index contributed by atoms with van der Waals surface area (Å²) in [7, 11) is 0.